The molecule has 1 saturated heterocycles. The summed E-state index contributed by atoms with van der Waals surface area (Å²) in [6.45, 7) is 4.36. The first-order chi connectivity index (χ1) is 9.65. The van der Waals surface area contributed by atoms with Crippen molar-refractivity contribution >= 4 is 33.3 Å². The van der Waals surface area contributed by atoms with Crippen LogP contribution in [-0.2, 0) is 6.42 Å². The van der Waals surface area contributed by atoms with Crippen molar-refractivity contribution < 1.29 is 0 Å². The third-order valence-corrected chi connectivity index (χ3v) is 6.12. The monoisotopic (exact) mass is 309 g/mol. The zero-order chi connectivity index (χ0) is 14.1. The van der Waals surface area contributed by atoms with Crippen molar-refractivity contribution in [2.24, 2.45) is 0 Å². The van der Waals surface area contributed by atoms with Crippen molar-refractivity contribution in [1.29, 1.82) is 0 Å². The molecule has 0 amide bonds. The fraction of sp³-hybridized carbons (Fsp3) is 0.571. The van der Waals surface area contributed by atoms with E-state index in [0.29, 0.717) is 5.25 Å². The second kappa shape index (κ2) is 5.87. The number of piperidine rings is 1. The molecule has 108 valence electrons. The lowest BCUT2D eigenvalue weighted by atomic mass is 10.1. The summed E-state index contributed by atoms with van der Waals surface area (Å²) in [4.78, 5) is 24.1. The van der Waals surface area contributed by atoms with Gasteiger partial charge in [-0.1, -0.05) is 18.7 Å². The van der Waals surface area contributed by atoms with E-state index in [2.05, 4.69) is 28.8 Å². The van der Waals surface area contributed by atoms with E-state index >= 15 is 0 Å². The highest BCUT2D eigenvalue weighted by atomic mass is 32.2. The van der Waals surface area contributed by atoms with Crippen LogP contribution in [0.2, 0.25) is 0 Å². The molecule has 0 aromatic carbocycles. The minimum absolute atomic E-state index is 0.00128. The Bertz CT molecular complexity index is 656. The molecule has 2 aromatic rings. The average Bonchev–Trinajstić information content (AvgIpc) is 2.85. The summed E-state index contributed by atoms with van der Waals surface area (Å²) in [5.74, 6) is 0. The van der Waals surface area contributed by atoms with Gasteiger partial charge < -0.3 is 9.88 Å². The van der Waals surface area contributed by atoms with Crippen LogP contribution in [0.3, 0.4) is 0 Å². The normalized spacial score (nSPS) is 17.9. The summed E-state index contributed by atoms with van der Waals surface area (Å²) in [6.07, 6.45) is 3.28. The van der Waals surface area contributed by atoms with Gasteiger partial charge in [0.2, 0.25) is 0 Å². The van der Waals surface area contributed by atoms with Crippen LogP contribution in [0.5, 0.6) is 0 Å². The number of aromatic nitrogens is 2. The van der Waals surface area contributed by atoms with E-state index in [1.807, 2.05) is 6.07 Å². The SMILES string of the molecule is CCc1cc2c(=O)[nH]c(SC3CCN(C)CC3)nc2s1. The van der Waals surface area contributed by atoms with E-state index < -0.39 is 0 Å². The van der Waals surface area contributed by atoms with Crippen LogP contribution in [0, 0.1) is 0 Å². The zero-order valence-corrected chi connectivity index (χ0v) is 13.4. The number of fused-ring (bicyclic) bond motifs is 1. The van der Waals surface area contributed by atoms with Crippen LogP contribution in [0.15, 0.2) is 16.0 Å². The van der Waals surface area contributed by atoms with Crippen molar-refractivity contribution in [3.8, 4) is 0 Å². The quantitative estimate of drug-likeness (QED) is 0.886. The van der Waals surface area contributed by atoms with E-state index in [9.17, 15) is 4.79 Å². The Labute approximate surface area is 126 Å². The Hall–Kier alpha value is -0.850. The van der Waals surface area contributed by atoms with E-state index in [1.165, 1.54) is 4.88 Å². The minimum atomic E-state index is 0.00128. The van der Waals surface area contributed by atoms with Crippen molar-refractivity contribution in [2.45, 2.75) is 36.6 Å². The van der Waals surface area contributed by atoms with Crippen LogP contribution < -0.4 is 5.56 Å². The van der Waals surface area contributed by atoms with E-state index in [1.54, 1.807) is 23.1 Å². The Morgan fingerprint density at radius 1 is 1.50 bits per heavy atom. The van der Waals surface area contributed by atoms with Gasteiger partial charge in [0.15, 0.2) is 5.16 Å². The number of thioether (sulfide) groups is 1. The smallest absolute Gasteiger partial charge is 0.260 e. The minimum Gasteiger partial charge on any atom is -0.306 e. The van der Waals surface area contributed by atoms with Crippen molar-refractivity contribution in [2.75, 3.05) is 20.1 Å². The maximum Gasteiger partial charge on any atom is 0.260 e. The Balaban J connectivity index is 1.83. The highest BCUT2D eigenvalue weighted by Crippen LogP contribution is 2.29. The first-order valence-electron chi connectivity index (χ1n) is 7.03. The Kier molecular flexibility index (Phi) is 4.14. The number of hydrogen-bond acceptors (Lipinski definition) is 5. The number of nitrogens with zero attached hydrogens (tertiary/aromatic N) is 2. The third-order valence-electron chi connectivity index (χ3n) is 3.72. The highest BCUT2D eigenvalue weighted by Gasteiger charge is 2.19. The number of aryl methyl sites for hydroxylation is 1. The predicted molar refractivity (Wildman–Crippen MR) is 86.0 cm³/mol. The van der Waals surface area contributed by atoms with Gasteiger partial charge in [0, 0.05) is 10.1 Å². The molecule has 1 fully saturated rings. The standard InChI is InChI=1S/C14H19N3OS2/c1-3-9-8-11-12(18)15-14(16-13(11)19-9)20-10-4-6-17(2)7-5-10/h8,10H,3-7H2,1-2H3,(H,15,16,18). The molecule has 4 nitrogen and oxygen atoms in total. The van der Waals surface area contributed by atoms with Gasteiger partial charge in [0.05, 0.1) is 5.39 Å². The van der Waals surface area contributed by atoms with Crippen molar-refractivity contribution in [3.63, 3.8) is 0 Å². The second-order valence-corrected chi connectivity index (χ2v) is 7.68. The fourth-order valence-electron chi connectivity index (χ4n) is 2.45. The summed E-state index contributed by atoms with van der Waals surface area (Å²) >= 11 is 3.36. The zero-order valence-electron chi connectivity index (χ0n) is 11.8. The van der Waals surface area contributed by atoms with Gasteiger partial charge in [-0.3, -0.25) is 4.79 Å². The van der Waals surface area contributed by atoms with Gasteiger partial charge >= 0.3 is 0 Å². The summed E-state index contributed by atoms with van der Waals surface area (Å²) in [6, 6.07) is 1.97. The second-order valence-electron chi connectivity index (χ2n) is 5.28. The van der Waals surface area contributed by atoms with Gasteiger partial charge in [0.25, 0.3) is 5.56 Å². The molecule has 0 atom stereocenters. The van der Waals surface area contributed by atoms with Gasteiger partial charge in [-0.2, -0.15) is 0 Å². The average molecular weight is 309 g/mol. The molecular formula is C14H19N3OS2. The predicted octanol–water partition coefficient (Wildman–Crippen LogP) is 2.73. The van der Waals surface area contributed by atoms with E-state index in [4.69, 9.17) is 0 Å². The molecule has 1 aliphatic rings. The summed E-state index contributed by atoms with van der Waals surface area (Å²) in [5.41, 5.74) is 0.00128. The number of rotatable bonds is 3. The lowest BCUT2D eigenvalue weighted by Crippen LogP contribution is -2.31. The van der Waals surface area contributed by atoms with Gasteiger partial charge in [0.1, 0.15) is 4.83 Å². The van der Waals surface area contributed by atoms with Crippen LogP contribution >= 0.6 is 23.1 Å². The molecule has 6 heteroatoms. The summed E-state index contributed by atoms with van der Waals surface area (Å²) < 4.78 is 0. The molecule has 1 aliphatic heterocycles. The molecule has 3 heterocycles. The molecular weight excluding hydrogens is 290 g/mol. The van der Waals surface area contributed by atoms with Crippen molar-refractivity contribution in [3.05, 3.63) is 21.3 Å². The first-order valence-corrected chi connectivity index (χ1v) is 8.73. The topological polar surface area (TPSA) is 49.0 Å². The lowest BCUT2D eigenvalue weighted by molar-refractivity contribution is 0.282. The maximum absolute atomic E-state index is 12.1. The Morgan fingerprint density at radius 3 is 2.95 bits per heavy atom. The van der Waals surface area contributed by atoms with Gasteiger partial charge in [-0.15, -0.1) is 11.3 Å². The molecule has 2 aromatic heterocycles. The molecule has 0 radical (unpaired) electrons. The number of thiophene rings is 1. The van der Waals surface area contributed by atoms with Crippen molar-refractivity contribution in [1.82, 2.24) is 14.9 Å². The van der Waals surface area contributed by atoms with E-state index in [-0.39, 0.29) is 5.56 Å². The van der Waals surface area contributed by atoms with Crippen LogP contribution in [0.25, 0.3) is 10.2 Å². The molecule has 20 heavy (non-hydrogen) atoms. The molecule has 0 bridgehead atoms. The largest absolute Gasteiger partial charge is 0.306 e. The Morgan fingerprint density at radius 2 is 2.25 bits per heavy atom. The number of H-pyrrole nitrogens is 1. The number of aromatic amines is 1. The molecule has 0 spiro atoms. The van der Waals surface area contributed by atoms with Crippen LogP contribution in [0.1, 0.15) is 24.6 Å². The highest BCUT2D eigenvalue weighted by molar-refractivity contribution is 7.99. The number of likely N-dealkylation sites (tertiary alicyclic amines) is 1. The number of nitrogens with one attached hydrogen (secondary N) is 1. The molecule has 0 aliphatic carbocycles. The maximum atomic E-state index is 12.1. The van der Waals surface area contributed by atoms with Gasteiger partial charge in [-0.25, -0.2) is 4.98 Å². The number of hydrogen-bond donors (Lipinski definition) is 1. The molecule has 0 saturated carbocycles. The fourth-order valence-corrected chi connectivity index (χ4v) is 4.54. The molecule has 1 N–H and O–H groups in total. The van der Waals surface area contributed by atoms with E-state index in [0.717, 1.165) is 47.7 Å². The van der Waals surface area contributed by atoms with Gasteiger partial charge in [-0.05, 0) is 45.5 Å². The summed E-state index contributed by atoms with van der Waals surface area (Å²) in [7, 11) is 2.16. The molecule has 0 unspecified atom stereocenters. The van der Waals surface area contributed by atoms with Crippen LogP contribution in [0.4, 0.5) is 0 Å². The lowest BCUT2D eigenvalue weighted by Gasteiger charge is -2.27. The third kappa shape index (κ3) is 2.92. The molecule has 3 rings (SSSR count). The van der Waals surface area contributed by atoms with Crippen LogP contribution in [-0.4, -0.2) is 40.3 Å². The summed E-state index contributed by atoms with van der Waals surface area (Å²) in [5, 5.41) is 2.08. The first kappa shape index (κ1) is 14.1.